The van der Waals surface area contributed by atoms with Crippen LogP contribution in [0.3, 0.4) is 0 Å². The van der Waals surface area contributed by atoms with Gasteiger partial charge in [0.15, 0.2) is 6.10 Å². The van der Waals surface area contributed by atoms with Crippen molar-refractivity contribution in [2.45, 2.75) is 25.6 Å². The molecular weight excluding hydrogens is 205 g/mol. The van der Waals surface area contributed by atoms with Crippen LogP contribution in [0.2, 0.25) is 0 Å². The van der Waals surface area contributed by atoms with Crippen molar-refractivity contribution in [1.29, 1.82) is 0 Å². The summed E-state index contributed by atoms with van der Waals surface area (Å²) in [6.45, 7) is 1.89. The predicted molar refractivity (Wildman–Crippen MR) is 51.5 cm³/mol. The van der Waals surface area contributed by atoms with Gasteiger partial charge < -0.3 is 4.74 Å². The van der Waals surface area contributed by atoms with Gasteiger partial charge in [-0.15, -0.1) is 0 Å². The summed E-state index contributed by atoms with van der Waals surface area (Å²) >= 11 is 0. The van der Waals surface area contributed by atoms with E-state index in [-0.39, 0.29) is 12.2 Å². The van der Waals surface area contributed by atoms with Gasteiger partial charge in [-0.05, 0) is 12.0 Å². The van der Waals surface area contributed by atoms with E-state index in [1.807, 2.05) is 0 Å². The number of ether oxygens (including phenoxy) is 1. The fourth-order valence-electron chi connectivity index (χ4n) is 1.24. The van der Waals surface area contributed by atoms with Crippen molar-refractivity contribution in [1.82, 2.24) is 0 Å². The molecule has 0 amide bonds. The minimum Gasteiger partial charge on any atom is -0.364 e. The van der Waals surface area contributed by atoms with Crippen LogP contribution in [0, 0.1) is 0 Å². The maximum atomic E-state index is 12.6. The number of halogens is 3. The van der Waals surface area contributed by atoms with Crippen molar-refractivity contribution in [2.24, 2.45) is 0 Å². The van der Waals surface area contributed by atoms with Crippen LogP contribution < -0.4 is 0 Å². The summed E-state index contributed by atoms with van der Waals surface area (Å²) in [5, 5.41) is 0. The molecule has 1 nitrogen and oxygen atoms in total. The Morgan fingerprint density at radius 1 is 1.20 bits per heavy atom. The molecule has 0 aliphatic rings. The Balaban J connectivity index is 2.82. The van der Waals surface area contributed by atoms with Gasteiger partial charge in [0.2, 0.25) is 0 Å². The van der Waals surface area contributed by atoms with Gasteiger partial charge in [-0.2, -0.15) is 13.2 Å². The Kier molecular flexibility index (Phi) is 4.15. The minimum absolute atomic E-state index is 0.110. The van der Waals surface area contributed by atoms with E-state index in [1.165, 1.54) is 12.1 Å². The first-order valence-corrected chi connectivity index (χ1v) is 4.79. The Hall–Kier alpha value is -1.03. The molecule has 1 atom stereocenters. The zero-order valence-corrected chi connectivity index (χ0v) is 8.42. The summed E-state index contributed by atoms with van der Waals surface area (Å²) in [7, 11) is 0. The monoisotopic (exact) mass is 218 g/mol. The highest BCUT2D eigenvalue weighted by molar-refractivity contribution is 5.18. The Morgan fingerprint density at radius 2 is 1.80 bits per heavy atom. The molecule has 0 aliphatic heterocycles. The van der Waals surface area contributed by atoms with E-state index in [9.17, 15) is 13.2 Å². The first-order chi connectivity index (χ1) is 7.05. The summed E-state index contributed by atoms with van der Waals surface area (Å²) in [5.41, 5.74) is 0.151. The molecule has 0 saturated heterocycles. The molecule has 0 fully saturated rings. The lowest BCUT2D eigenvalue weighted by molar-refractivity contribution is -0.223. The quantitative estimate of drug-likeness (QED) is 0.748. The fraction of sp³-hybridized carbons (Fsp3) is 0.455. The topological polar surface area (TPSA) is 9.23 Å². The molecule has 4 heteroatoms. The number of rotatable bonds is 4. The molecule has 1 aromatic carbocycles. The third kappa shape index (κ3) is 3.55. The largest absolute Gasteiger partial charge is 0.418 e. The smallest absolute Gasteiger partial charge is 0.364 e. The molecule has 0 N–H and O–H groups in total. The van der Waals surface area contributed by atoms with Gasteiger partial charge in [0, 0.05) is 6.61 Å². The molecule has 0 spiro atoms. The molecule has 0 heterocycles. The second kappa shape index (κ2) is 5.16. The molecule has 0 unspecified atom stereocenters. The Bertz CT molecular complexity index is 282. The molecule has 0 radical (unpaired) electrons. The number of hydrogen-bond acceptors (Lipinski definition) is 1. The van der Waals surface area contributed by atoms with Crippen molar-refractivity contribution in [3.63, 3.8) is 0 Å². The second-order valence-electron chi connectivity index (χ2n) is 3.20. The first kappa shape index (κ1) is 12.0. The van der Waals surface area contributed by atoms with Crippen LogP contribution in [0.1, 0.15) is 25.0 Å². The lowest BCUT2D eigenvalue weighted by atomic mass is 10.1. The maximum Gasteiger partial charge on any atom is 0.418 e. The Labute approximate surface area is 86.9 Å². The molecule has 1 aromatic rings. The third-order valence-corrected chi connectivity index (χ3v) is 1.89. The molecule has 1 rings (SSSR count). The molecule has 0 saturated carbocycles. The van der Waals surface area contributed by atoms with Gasteiger partial charge in [0.1, 0.15) is 0 Å². The van der Waals surface area contributed by atoms with Crippen LogP contribution >= 0.6 is 0 Å². The maximum absolute atomic E-state index is 12.6. The summed E-state index contributed by atoms with van der Waals surface area (Å²) < 4.78 is 42.6. The van der Waals surface area contributed by atoms with Gasteiger partial charge in [-0.25, -0.2) is 0 Å². The average molecular weight is 218 g/mol. The van der Waals surface area contributed by atoms with Crippen molar-refractivity contribution in [3.8, 4) is 0 Å². The van der Waals surface area contributed by atoms with Crippen LogP contribution in [0.5, 0.6) is 0 Å². The highest BCUT2D eigenvalue weighted by Crippen LogP contribution is 2.35. The van der Waals surface area contributed by atoms with Crippen molar-refractivity contribution in [3.05, 3.63) is 35.9 Å². The number of alkyl halides is 3. The molecule has 0 aromatic heterocycles. The molecule has 0 bridgehead atoms. The summed E-state index contributed by atoms with van der Waals surface area (Å²) in [6, 6.07) is 7.67. The van der Waals surface area contributed by atoms with Gasteiger partial charge >= 0.3 is 6.18 Å². The number of hydrogen-bond donors (Lipinski definition) is 0. The summed E-state index contributed by atoms with van der Waals surface area (Å²) in [6.07, 6.45) is -5.59. The van der Waals surface area contributed by atoms with Crippen LogP contribution in [-0.4, -0.2) is 12.8 Å². The highest BCUT2D eigenvalue weighted by atomic mass is 19.4. The average Bonchev–Trinajstić information content (AvgIpc) is 2.18. The molecular formula is C11H13F3O. The zero-order valence-electron chi connectivity index (χ0n) is 8.42. The van der Waals surface area contributed by atoms with Crippen molar-refractivity contribution < 1.29 is 17.9 Å². The normalized spacial score (nSPS) is 13.9. The van der Waals surface area contributed by atoms with Crippen molar-refractivity contribution >= 4 is 0 Å². The SMILES string of the molecule is CCCO[C@H](c1ccccc1)C(F)(F)F. The summed E-state index contributed by atoms with van der Waals surface area (Å²) in [5.74, 6) is 0. The van der Waals surface area contributed by atoms with E-state index in [2.05, 4.69) is 0 Å². The second-order valence-corrected chi connectivity index (χ2v) is 3.20. The standard InChI is InChI=1S/C11H13F3O/c1-2-8-15-10(11(12,13)14)9-6-4-3-5-7-9/h3-7,10H,2,8H2,1H3/t10-/m1/s1. The van der Waals surface area contributed by atoms with E-state index >= 15 is 0 Å². The molecule has 15 heavy (non-hydrogen) atoms. The summed E-state index contributed by atoms with van der Waals surface area (Å²) in [4.78, 5) is 0. The zero-order chi connectivity index (χ0) is 11.3. The molecule has 84 valence electrons. The van der Waals surface area contributed by atoms with E-state index in [0.717, 1.165) is 0 Å². The van der Waals surface area contributed by atoms with Crippen LogP contribution in [0.4, 0.5) is 13.2 Å². The van der Waals surface area contributed by atoms with E-state index in [0.29, 0.717) is 6.42 Å². The third-order valence-electron chi connectivity index (χ3n) is 1.89. The van der Waals surface area contributed by atoms with E-state index in [4.69, 9.17) is 4.74 Å². The van der Waals surface area contributed by atoms with Crippen LogP contribution in [0.15, 0.2) is 30.3 Å². The lowest BCUT2D eigenvalue weighted by Gasteiger charge is -2.20. The molecule has 0 aliphatic carbocycles. The highest BCUT2D eigenvalue weighted by Gasteiger charge is 2.41. The first-order valence-electron chi connectivity index (χ1n) is 4.79. The van der Waals surface area contributed by atoms with Gasteiger partial charge in [-0.3, -0.25) is 0 Å². The predicted octanol–water partition coefficient (Wildman–Crippen LogP) is 3.72. The van der Waals surface area contributed by atoms with Gasteiger partial charge in [-0.1, -0.05) is 37.3 Å². The minimum atomic E-state index is -4.35. The lowest BCUT2D eigenvalue weighted by Crippen LogP contribution is -2.23. The van der Waals surface area contributed by atoms with Crippen molar-refractivity contribution in [2.75, 3.05) is 6.61 Å². The van der Waals surface area contributed by atoms with Crippen LogP contribution in [0.25, 0.3) is 0 Å². The van der Waals surface area contributed by atoms with Gasteiger partial charge in [0.25, 0.3) is 0 Å². The van der Waals surface area contributed by atoms with Crippen LogP contribution in [-0.2, 0) is 4.74 Å². The van der Waals surface area contributed by atoms with E-state index < -0.39 is 12.3 Å². The van der Waals surface area contributed by atoms with E-state index in [1.54, 1.807) is 25.1 Å². The number of benzene rings is 1. The Morgan fingerprint density at radius 3 is 2.27 bits per heavy atom. The fourth-order valence-corrected chi connectivity index (χ4v) is 1.24. The van der Waals surface area contributed by atoms with Gasteiger partial charge in [0.05, 0.1) is 0 Å².